The lowest BCUT2D eigenvalue weighted by atomic mass is 9.81. The Morgan fingerprint density at radius 2 is 2.25 bits per heavy atom. The first-order valence-corrected chi connectivity index (χ1v) is 5.54. The predicted octanol–water partition coefficient (Wildman–Crippen LogP) is 3.25. The van der Waals surface area contributed by atoms with Gasteiger partial charge in [0, 0.05) is 10.9 Å². The average Bonchev–Trinajstić information content (AvgIpc) is 2.23. The summed E-state index contributed by atoms with van der Waals surface area (Å²) >= 11 is 3.23. The van der Waals surface area contributed by atoms with E-state index in [1.165, 1.54) is 19.9 Å². The van der Waals surface area contributed by atoms with Crippen LogP contribution >= 0.6 is 15.9 Å². The maximum Gasteiger partial charge on any atom is 0.150 e. The maximum absolute atomic E-state index is 13.5. The van der Waals surface area contributed by atoms with Crippen molar-refractivity contribution >= 4 is 21.7 Å². The molecule has 1 atom stereocenters. The Hall–Kier alpha value is -1.21. The number of hydrogen-bond acceptors (Lipinski definition) is 2. The molecule has 0 saturated heterocycles. The quantitative estimate of drug-likeness (QED) is 0.854. The molecule has 0 heterocycles. The highest BCUT2D eigenvalue weighted by atomic mass is 79.9. The van der Waals surface area contributed by atoms with Crippen LogP contribution in [0.25, 0.3) is 0 Å². The molecular formula is C12H11BrFNO. The van der Waals surface area contributed by atoms with Crippen molar-refractivity contribution < 1.29 is 9.18 Å². The third kappa shape index (κ3) is 2.67. The zero-order valence-corrected chi connectivity index (χ0v) is 10.6. The van der Waals surface area contributed by atoms with Crippen molar-refractivity contribution in [2.24, 2.45) is 5.41 Å². The SMILES string of the molecule is CC(=O)C(C)(C#N)Cc1cc(Br)ccc1F. The Kier molecular flexibility index (Phi) is 3.82. The van der Waals surface area contributed by atoms with Crippen LogP contribution in [0.4, 0.5) is 4.39 Å². The first-order chi connectivity index (χ1) is 7.39. The molecule has 84 valence electrons. The van der Waals surface area contributed by atoms with E-state index in [0.29, 0.717) is 5.56 Å². The Morgan fingerprint density at radius 1 is 1.62 bits per heavy atom. The van der Waals surface area contributed by atoms with Crippen LogP contribution in [0.3, 0.4) is 0 Å². The minimum Gasteiger partial charge on any atom is -0.298 e. The zero-order chi connectivity index (χ0) is 12.3. The molecule has 0 bridgehead atoms. The van der Waals surface area contributed by atoms with E-state index in [0.717, 1.165) is 4.47 Å². The molecule has 1 unspecified atom stereocenters. The summed E-state index contributed by atoms with van der Waals surface area (Å²) in [7, 11) is 0. The van der Waals surface area contributed by atoms with Gasteiger partial charge in [-0.3, -0.25) is 4.79 Å². The average molecular weight is 284 g/mol. The van der Waals surface area contributed by atoms with E-state index < -0.39 is 11.2 Å². The summed E-state index contributed by atoms with van der Waals surface area (Å²) in [6.45, 7) is 2.87. The van der Waals surface area contributed by atoms with Gasteiger partial charge in [0.25, 0.3) is 0 Å². The third-order valence-electron chi connectivity index (χ3n) is 2.58. The molecule has 2 nitrogen and oxygen atoms in total. The minimum absolute atomic E-state index is 0.0874. The summed E-state index contributed by atoms with van der Waals surface area (Å²) in [5.74, 6) is -0.652. The topological polar surface area (TPSA) is 40.9 Å². The Labute approximate surface area is 102 Å². The van der Waals surface area contributed by atoms with Gasteiger partial charge >= 0.3 is 0 Å². The van der Waals surface area contributed by atoms with Crippen molar-refractivity contribution in [1.29, 1.82) is 5.26 Å². The number of ketones is 1. The van der Waals surface area contributed by atoms with E-state index in [-0.39, 0.29) is 12.2 Å². The summed E-state index contributed by atoms with van der Waals surface area (Å²) in [6, 6.07) is 6.43. The maximum atomic E-state index is 13.5. The molecule has 0 aliphatic heterocycles. The summed E-state index contributed by atoms with van der Waals surface area (Å²) in [5.41, 5.74) is -0.796. The van der Waals surface area contributed by atoms with Crippen molar-refractivity contribution in [1.82, 2.24) is 0 Å². The number of rotatable bonds is 3. The first kappa shape index (κ1) is 12.9. The molecule has 0 aliphatic rings. The molecule has 4 heteroatoms. The van der Waals surface area contributed by atoms with Crippen molar-refractivity contribution in [2.45, 2.75) is 20.3 Å². The van der Waals surface area contributed by atoms with Gasteiger partial charge in [0.15, 0.2) is 0 Å². The van der Waals surface area contributed by atoms with Crippen molar-refractivity contribution in [3.05, 3.63) is 34.1 Å². The van der Waals surface area contributed by atoms with E-state index in [1.807, 2.05) is 6.07 Å². The van der Waals surface area contributed by atoms with E-state index in [9.17, 15) is 9.18 Å². The molecule has 0 aliphatic carbocycles. The molecule has 0 saturated carbocycles. The fourth-order valence-corrected chi connectivity index (χ4v) is 1.71. The van der Waals surface area contributed by atoms with Crippen molar-refractivity contribution in [3.8, 4) is 6.07 Å². The van der Waals surface area contributed by atoms with Crippen LogP contribution in [0.5, 0.6) is 0 Å². The van der Waals surface area contributed by atoms with Gasteiger partial charge in [-0.05, 0) is 37.6 Å². The molecule has 1 rings (SSSR count). The Morgan fingerprint density at radius 3 is 2.75 bits per heavy atom. The largest absolute Gasteiger partial charge is 0.298 e. The molecule has 0 aromatic heterocycles. The molecule has 0 N–H and O–H groups in total. The van der Waals surface area contributed by atoms with Crippen LogP contribution < -0.4 is 0 Å². The summed E-state index contributed by atoms with van der Waals surface area (Å²) < 4.78 is 14.2. The van der Waals surface area contributed by atoms with Crippen LogP contribution in [-0.4, -0.2) is 5.78 Å². The van der Waals surface area contributed by atoms with Gasteiger partial charge in [0.1, 0.15) is 17.0 Å². The molecule has 0 fully saturated rings. The second-order valence-corrected chi connectivity index (χ2v) is 4.83. The number of nitrogens with zero attached hydrogens (tertiary/aromatic N) is 1. The number of carbonyl (C=O) groups excluding carboxylic acids is 1. The van der Waals surface area contributed by atoms with Gasteiger partial charge < -0.3 is 0 Å². The molecule has 1 aromatic rings. The Bertz CT molecular complexity index is 467. The van der Waals surface area contributed by atoms with Crippen molar-refractivity contribution in [2.75, 3.05) is 0 Å². The van der Waals surface area contributed by atoms with Crippen LogP contribution in [0, 0.1) is 22.6 Å². The zero-order valence-electron chi connectivity index (χ0n) is 9.05. The highest BCUT2D eigenvalue weighted by Gasteiger charge is 2.31. The van der Waals surface area contributed by atoms with Crippen LogP contribution in [0.15, 0.2) is 22.7 Å². The van der Waals surface area contributed by atoms with E-state index >= 15 is 0 Å². The van der Waals surface area contributed by atoms with Gasteiger partial charge in [0.2, 0.25) is 0 Å². The van der Waals surface area contributed by atoms with Crippen LogP contribution in [0.1, 0.15) is 19.4 Å². The minimum atomic E-state index is -1.17. The Balaban J connectivity index is 3.09. The van der Waals surface area contributed by atoms with E-state index in [2.05, 4.69) is 15.9 Å². The normalized spacial score (nSPS) is 13.9. The van der Waals surface area contributed by atoms with E-state index in [1.54, 1.807) is 12.1 Å². The molecule has 0 radical (unpaired) electrons. The number of carbonyl (C=O) groups is 1. The number of hydrogen-bond donors (Lipinski definition) is 0. The highest BCUT2D eigenvalue weighted by molar-refractivity contribution is 9.10. The summed E-state index contributed by atoms with van der Waals surface area (Å²) in [4.78, 5) is 11.3. The predicted molar refractivity (Wildman–Crippen MR) is 62.2 cm³/mol. The fourth-order valence-electron chi connectivity index (χ4n) is 1.30. The van der Waals surface area contributed by atoms with Gasteiger partial charge in [-0.2, -0.15) is 5.26 Å². The molecule has 1 aromatic carbocycles. The third-order valence-corrected chi connectivity index (χ3v) is 3.07. The summed E-state index contributed by atoms with van der Waals surface area (Å²) in [6.07, 6.45) is 0.0874. The molecular weight excluding hydrogens is 273 g/mol. The monoisotopic (exact) mass is 283 g/mol. The number of nitriles is 1. The summed E-state index contributed by atoms with van der Waals surface area (Å²) in [5, 5.41) is 8.97. The number of halogens is 2. The molecule has 16 heavy (non-hydrogen) atoms. The van der Waals surface area contributed by atoms with Crippen molar-refractivity contribution in [3.63, 3.8) is 0 Å². The van der Waals surface area contributed by atoms with Gasteiger partial charge in [0.05, 0.1) is 6.07 Å². The smallest absolute Gasteiger partial charge is 0.150 e. The highest BCUT2D eigenvalue weighted by Crippen LogP contribution is 2.26. The number of Topliss-reactive ketones (excluding diaryl/α,β-unsaturated/α-hetero) is 1. The first-order valence-electron chi connectivity index (χ1n) is 4.75. The van der Waals surface area contributed by atoms with E-state index in [4.69, 9.17) is 5.26 Å². The van der Waals surface area contributed by atoms with Crippen LogP contribution in [-0.2, 0) is 11.2 Å². The standard InChI is InChI=1S/C12H11BrFNO/c1-8(16)12(2,7-15)6-9-5-10(13)3-4-11(9)14/h3-5H,6H2,1-2H3. The van der Waals surface area contributed by atoms with Gasteiger partial charge in [-0.15, -0.1) is 0 Å². The number of benzene rings is 1. The molecule has 0 spiro atoms. The second-order valence-electron chi connectivity index (χ2n) is 3.91. The van der Waals surface area contributed by atoms with Gasteiger partial charge in [-0.25, -0.2) is 4.39 Å². The second kappa shape index (κ2) is 4.75. The molecule has 0 amide bonds. The van der Waals surface area contributed by atoms with Gasteiger partial charge in [-0.1, -0.05) is 15.9 Å². The fraction of sp³-hybridized carbons (Fsp3) is 0.333. The van der Waals surface area contributed by atoms with Crippen LogP contribution in [0.2, 0.25) is 0 Å². The lowest BCUT2D eigenvalue weighted by Gasteiger charge is -2.18. The lowest BCUT2D eigenvalue weighted by Crippen LogP contribution is -2.26. The lowest BCUT2D eigenvalue weighted by molar-refractivity contribution is -0.123.